The number of rotatable bonds is 6. The van der Waals surface area contributed by atoms with Crippen LogP contribution in [0.15, 0.2) is 42.7 Å². The fraction of sp³-hybridized carbons (Fsp3) is 0.455. The van der Waals surface area contributed by atoms with Crippen LogP contribution in [-0.2, 0) is 10.4 Å². The number of ether oxygens (including phenoxy) is 2. The first-order chi connectivity index (χ1) is 14.0. The van der Waals surface area contributed by atoms with Gasteiger partial charge in [0, 0.05) is 53.9 Å². The van der Waals surface area contributed by atoms with Crippen LogP contribution in [-0.4, -0.2) is 53.7 Å². The minimum Gasteiger partial charge on any atom is -0.497 e. The number of fused-ring (bicyclic) bond motifs is 2. The zero-order valence-corrected chi connectivity index (χ0v) is 16.8. The van der Waals surface area contributed by atoms with Crippen LogP contribution in [0, 0.1) is 0 Å². The van der Waals surface area contributed by atoms with Crippen molar-refractivity contribution >= 4 is 11.6 Å². The summed E-state index contributed by atoms with van der Waals surface area (Å²) in [7, 11) is 3.16. The third-order valence-corrected chi connectivity index (χ3v) is 6.08. The minimum atomic E-state index is -0.868. The van der Waals surface area contributed by atoms with Gasteiger partial charge in [0.1, 0.15) is 11.5 Å². The topological polar surface area (TPSA) is 83.9 Å². The van der Waals surface area contributed by atoms with Crippen molar-refractivity contribution < 1.29 is 19.4 Å². The molecule has 2 fully saturated rings. The van der Waals surface area contributed by atoms with E-state index in [0.29, 0.717) is 36.6 Å². The number of methoxy groups -OCH3 is 2. The summed E-state index contributed by atoms with van der Waals surface area (Å²) in [5, 5.41) is 14.2. The number of aromatic nitrogens is 1. The number of carbonyl (C=O) groups is 1. The van der Waals surface area contributed by atoms with Gasteiger partial charge in [0.2, 0.25) is 5.91 Å². The molecule has 29 heavy (non-hydrogen) atoms. The van der Waals surface area contributed by atoms with Crippen molar-refractivity contribution in [3.8, 4) is 11.5 Å². The third-order valence-electron chi connectivity index (χ3n) is 6.08. The van der Waals surface area contributed by atoms with E-state index >= 15 is 0 Å². The predicted molar refractivity (Wildman–Crippen MR) is 109 cm³/mol. The standard InChI is InChI=1S/C22H27N3O4/c1-28-19-8-16(9-20(10-19)29-2)24-21(26)14-25-17-5-6-18(25)12-22(27,11-17)15-4-3-7-23-13-15/h3-4,7-10,13,17-18,27H,5-6,11-12,14H2,1-2H3,(H,24,26)/t17-,18-/m1/s1. The molecule has 3 heterocycles. The Hall–Kier alpha value is -2.64. The summed E-state index contributed by atoms with van der Waals surface area (Å²) >= 11 is 0. The van der Waals surface area contributed by atoms with Gasteiger partial charge < -0.3 is 19.9 Å². The number of anilines is 1. The highest BCUT2D eigenvalue weighted by molar-refractivity contribution is 5.92. The number of piperidine rings is 1. The summed E-state index contributed by atoms with van der Waals surface area (Å²) in [6.45, 7) is 0.304. The minimum absolute atomic E-state index is 0.0796. The summed E-state index contributed by atoms with van der Waals surface area (Å²) in [5.74, 6) is 1.17. The van der Waals surface area contributed by atoms with E-state index < -0.39 is 5.60 Å². The van der Waals surface area contributed by atoms with Gasteiger partial charge in [0.05, 0.1) is 26.4 Å². The molecule has 2 saturated heterocycles. The second kappa shape index (κ2) is 8.00. The molecule has 0 aliphatic carbocycles. The number of benzene rings is 1. The quantitative estimate of drug-likeness (QED) is 0.779. The molecule has 2 N–H and O–H groups in total. The number of pyridine rings is 1. The predicted octanol–water partition coefficient (Wildman–Crippen LogP) is 2.55. The number of carbonyl (C=O) groups excluding carboxylic acids is 1. The van der Waals surface area contributed by atoms with Crippen LogP contribution in [0.25, 0.3) is 0 Å². The number of hydrogen-bond donors (Lipinski definition) is 2. The van der Waals surface area contributed by atoms with Crippen LogP contribution in [0.2, 0.25) is 0 Å². The molecule has 2 bridgehead atoms. The molecular weight excluding hydrogens is 370 g/mol. The molecular formula is C22H27N3O4. The molecule has 0 radical (unpaired) electrons. The van der Waals surface area contributed by atoms with Crippen LogP contribution in [0.5, 0.6) is 11.5 Å². The molecule has 0 spiro atoms. The van der Waals surface area contributed by atoms with Crippen molar-refractivity contribution in [2.45, 2.75) is 43.4 Å². The Morgan fingerprint density at radius 2 is 1.86 bits per heavy atom. The zero-order valence-electron chi connectivity index (χ0n) is 16.8. The number of amides is 1. The maximum Gasteiger partial charge on any atom is 0.238 e. The first-order valence-corrected chi connectivity index (χ1v) is 9.92. The number of hydrogen-bond acceptors (Lipinski definition) is 6. The van der Waals surface area contributed by atoms with Crippen molar-refractivity contribution in [1.29, 1.82) is 0 Å². The van der Waals surface area contributed by atoms with Gasteiger partial charge in [-0.15, -0.1) is 0 Å². The number of nitrogens with zero attached hydrogens (tertiary/aromatic N) is 2. The van der Waals surface area contributed by atoms with Crippen molar-refractivity contribution in [3.63, 3.8) is 0 Å². The van der Waals surface area contributed by atoms with E-state index in [2.05, 4.69) is 15.2 Å². The highest BCUT2D eigenvalue weighted by Gasteiger charge is 2.48. The Bertz CT molecular complexity index is 837. The lowest BCUT2D eigenvalue weighted by Crippen LogP contribution is -2.51. The molecule has 0 saturated carbocycles. The molecule has 2 aliphatic rings. The zero-order chi connectivity index (χ0) is 20.4. The molecule has 4 rings (SSSR count). The molecule has 1 aromatic carbocycles. The largest absolute Gasteiger partial charge is 0.497 e. The summed E-state index contributed by atoms with van der Waals surface area (Å²) in [5.41, 5.74) is 0.639. The van der Waals surface area contributed by atoms with Gasteiger partial charge in [-0.2, -0.15) is 0 Å². The van der Waals surface area contributed by atoms with Crippen LogP contribution < -0.4 is 14.8 Å². The fourth-order valence-electron chi connectivity index (χ4n) is 4.69. The molecule has 0 unspecified atom stereocenters. The van der Waals surface area contributed by atoms with Crippen LogP contribution in [0.3, 0.4) is 0 Å². The second-order valence-electron chi connectivity index (χ2n) is 7.89. The average Bonchev–Trinajstić information content (AvgIpc) is 2.97. The highest BCUT2D eigenvalue weighted by atomic mass is 16.5. The van der Waals surface area contributed by atoms with Gasteiger partial charge in [-0.1, -0.05) is 6.07 Å². The van der Waals surface area contributed by atoms with E-state index in [1.165, 1.54) is 0 Å². The molecule has 1 aromatic heterocycles. The van der Waals surface area contributed by atoms with Gasteiger partial charge in [0.15, 0.2) is 0 Å². The van der Waals surface area contributed by atoms with Gasteiger partial charge in [-0.25, -0.2) is 0 Å². The summed E-state index contributed by atoms with van der Waals surface area (Å²) in [4.78, 5) is 19.1. The third kappa shape index (κ3) is 4.06. The number of aliphatic hydroxyl groups is 1. The molecule has 2 aromatic rings. The Morgan fingerprint density at radius 3 is 2.41 bits per heavy atom. The van der Waals surface area contributed by atoms with Crippen molar-refractivity contribution in [1.82, 2.24) is 9.88 Å². The molecule has 154 valence electrons. The van der Waals surface area contributed by atoms with E-state index in [1.807, 2.05) is 12.1 Å². The van der Waals surface area contributed by atoms with Gasteiger partial charge in [-0.3, -0.25) is 14.7 Å². The van der Waals surface area contributed by atoms with Crippen molar-refractivity contribution in [2.24, 2.45) is 0 Å². The van der Waals surface area contributed by atoms with Crippen molar-refractivity contribution in [3.05, 3.63) is 48.3 Å². The van der Waals surface area contributed by atoms with Crippen LogP contribution in [0.1, 0.15) is 31.2 Å². The normalized spacial score (nSPS) is 26.2. The average molecular weight is 397 g/mol. The Kier molecular flexibility index (Phi) is 5.43. The second-order valence-corrected chi connectivity index (χ2v) is 7.89. The Balaban J connectivity index is 1.43. The fourth-order valence-corrected chi connectivity index (χ4v) is 4.69. The summed E-state index contributed by atoms with van der Waals surface area (Å²) < 4.78 is 10.5. The lowest BCUT2D eigenvalue weighted by atomic mass is 9.81. The highest BCUT2D eigenvalue weighted by Crippen LogP contribution is 2.45. The van der Waals surface area contributed by atoms with E-state index in [0.717, 1.165) is 18.4 Å². The van der Waals surface area contributed by atoms with E-state index in [4.69, 9.17) is 9.47 Å². The van der Waals surface area contributed by atoms with E-state index in [9.17, 15) is 9.90 Å². The molecule has 7 nitrogen and oxygen atoms in total. The van der Waals surface area contributed by atoms with Gasteiger partial charge in [-0.05, 0) is 31.7 Å². The van der Waals surface area contributed by atoms with E-state index in [1.54, 1.807) is 44.8 Å². The summed E-state index contributed by atoms with van der Waals surface area (Å²) in [6.07, 6.45) is 6.69. The van der Waals surface area contributed by atoms with Gasteiger partial charge >= 0.3 is 0 Å². The molecule has 1 amide bonds. The smallest absolute Gasteiger partial charge is 0.238 e. The van der Waals surface area contributed by atoms with Crippen LogP contribution in [0.4, 0.5) is 5.69 Å². The van der Waals surface area contributed by atoms with Crippen LogP contribution >= 0.6 is 0 Å². The Morgan fingerprint density at radius 1 is 1.21 bits per heavy atom. The maximum absolute atomic E-state index is 12.7. The summed E-state index contributed by atoms with van der Waals surface area (Å²) in [6, 6.07) is 9.47. The monoisotopic (exact) mass is 397 g/mol. The molecule has 2 atom stereocenters. The molecule has 7 heteroatoms. The SMILES string of the molecule is COc1cc(NC(=O)CN2[C@@H]3CC[C@@H]2CC(O)(c2cccnc2)C3)cc(OC)c1. The van der Waals surface area contributed by atoms with Crippen molar-refractivity contribution in [2.75, 3.05) is 26.1 Å². The first-order valence-electron chi connectivity index (χ1n) is 9.92. The molecule has 2 aliphatic heterocycles. The lowest BCUT2D eigenvalue weighted by Gasteiger charge is -2.43. The van der Waals surface area contributed by atoms with E-state index in [-0.39, 0.29) is 18.0 Å². The number of nitrogens with one attached hydrogen (secondary N) is 1. The Labute approximate surface area is 170 Å². The maximum atomic E-state index is 12.7. The first kappa shape index (κ1) is 19.7. The lowest BCUT2D eigenvalue weighted by molar-refractivity contribution is -0.121. The van der Waals surface area contributed by atoms with Gasteiger partial charge in [0.25, 0.3) is 0 Å².